The molecule has 0 saturated carbocycles. The van der Waals surface area contributed by atoms with Crippen LogP contribution in [0.1, 0.15) is 73.5 Å². The quantitative estimate of drug-likeness (QED) is 0.330. The number of rotatable bonds is 10. The van der Waals surface area contributed by atoms with E-state index in [-0.39, 0.29) is 12.0 Å². The second kappa shape index (κ2) is 13.9. The molecule has 2 N–H and O–H groups in total. The van der Waals surface area contributed by atoms with Crippen molar-refractivity contribution in [3.63, 3.8) is 0 Å². The summed E-state index contributed by atoms with van der Waals surface area (Å²) < 4.78 is 49.5. The fourth-order valence-corrected chi connectivity index (χ4v) is 5.29. The summed E-state index contributed by atoms with van der Waals surface area (Å²) in [6.07, 6.45) is -2.49. The Labute approximate surface area is 256 Å². The Morgan fingerprint density at radius 1 is 0.886 bits per heavy atom. The molecule has 2 aliphatic rings. The van der Waals surface area contributed by atoms with Gasteiger partial charge in [0.05, 0.1) is 12.1 Å². The molecule has 2 aromatic carbocycles. The number of carbonyl (C=O) groups is 3. The predicted octanol–water partition coefficient (Wildman–Crippen LogP) is 5.73. The lowest BCUT2D eigenvalue weighted by Gasteiger charge is -2.37. The van der Waals surface area contributed by atoms with E-state index >= 15 is 0 Å². The molecule has 0 radical (unpaired) electrons. The molecule has 2 fully saturated rings. The molecule has 0 aromatic heterocycles. The van der Waals surface area contributed by atoms with E-state index in [0.29, 0.717) is 77.1 Å². The molecule has 2 aliphatic heterocycles. The number of nitrogens with zero attached hydrogens (tertiary/aromatic N) is 2. The molecule has 0 unspecified atom stereocenters. The zero-order valence-electron chi connectivity index (χ0n) is 25.5. The monoisotopic (exact) mass is 618 g/mol. The molecule has 0 atom stereocenters. The number of unbranched alkanes of at least 4 members (excludes halogenated alkanes) is 1. The number of hydrogen-bond acceptors (Lipinski definition) is 6. The minimum Gasteiger partial charge on any atom is -0.444 e. The Bertz CT molecular complexity index is 1280. The summed E-state index contributed by atoms with van der Waals surface area (Å²) in [4.78, 5) is 40.7. The zero-order valence-corrected chi connectivity index (χ0v) is 25.5. The minimum absolute atomic E-state index is 0.195. The summed E-state index contributed by atoms with van der Waals surface area (Å²) in [5.74, 6) is -0.195. The third-order valence-corrected chi connectivity index (χ3v) is 7.64. The molecule has 9 nitrogen and oxygen atoms in total. The van der Waals surface area contributed by atoms with Gasteiger partial charge in [-0.2, -0.15) is 13.2 Å². The van der Waals surface area contributed by atoms with E-state index < -0.39 is 29.0 Å². The van der Waals surface area contributed by atoms with Crippen molar-refractivity contribution in [1.82, 2.24) is 20.4 Å². The van der Waals surface area contributed by atoms with Crippen LogP contribution in [0.15, 0.2) is 48.5 Å². The molecular formula is C32H41F3N4O5. The summed E-state index contributed by atoms with van der Waals surface area (Å²) in [7, 11) is 0. The van der Waals surface area contributed by atoms with Gasteiger partial charge in [0.15, 0.2) is 0 Å². The van der Waals surface area contributed by atoms with E-state index in [0.717, 1.165) is 23.3 Å². The Balaban J connectivity index is 1.16. The molecule has 3 amide bonds. The molecule has 240 valence electrons. The second-order valence-electron chi connectivity index (χ2n) is 12.5. The smallest absolute Gasteiger partial charge is 0.416 e. The van der Waals surface area contributed by atoms with Crippen molar-refractivity contribution < 1.29 is 37.0 Å². The van der Waals surface area contributed by atoms with Crippen molar-refractivity contribution in [1.29, 1.82) is 0 Å². The largest absolute Gasteiger partial charge is 0.444 e. The van der Waals surface area contributed by atoms with Crippen LogP contribution in [0.25, 0.3) is 0 Å². The van der Waals surface area contributed by atoms with Gasteiger partial charge in [-0.05, 0) is 69.0 Å². The Hall–Kier alpha value is -3.80. The number of benzene rings is 2. The minimum atomic E-state index is -4.35. The second-order valence-corrected chi connectivity index (χ2v) is 12.5. The van der Waals surface area contributed by atoms with Crippen molar-refractivity contribution in [3.05, 3.63) is 70.8 Å². The Morgan fingerprint density at radius 3 is 2.05 bits per heavy atom. The highest BCUT2D eigenvalue weighted by Gasteiger charge is 2.46. The summed E-state index contributed by atoms with van der Waals surface area (Å²) in [6.45, 7) is 9.05. The predicted molar refractivity (Wildman–Crippen MR) is 158 cm³/mol. The normalized spacial score (nSPS) is 17.0. The van der Waals surface area contributed by atoms with Crippen molar-refractivity contribution in [3.8, 4) is 0 Å². The molecule has 2 heterocycles. The first kappa shape index (κ1) is 33.1. The molecule has 2 aromatic rings. The number of halogens is 3. The summed E-state index contributed by atoms with van der Waals surface area (Å²) in [5, 5.41) is 5.57. The van der Waals surface area contributed by atoms with Crippen LogP contribution in [-0.4, -0.2) is 71.8 Å². The lowest BCUT2D eigenvalue weighted by molar-refractivity contribution is -0.137. The van der Waals surface area contributed by atoms with Gasteiger partial charge in [-0.25, -0.2) is 9.59 Å². The average Bonchev–Trinajstić information content (AvgIpc) is 3.25. The van der Waals surface area contributed by atoms with Crippen molar-refractivity contribution in [2.75, 3.05) is 32.7 Å². The summed E-state index contributed by atoms with van der Waals surface area (Å²) in [6, 6.07) is 12.3. The van der Waals surface area contributed by atoms with Crippen LogP contribution in [-0.2, 0) is 28.7 Å². The van der Waals surface area contributed by atoms with Gasteiger partial charge < -0.3 is 20.1 Å². The Kier molecular flexibility index (Phi) is 10.4. The maximum absolute atomic E-state index is 12.8. The lowest BCUT2D eigenvalue weighted by atomic mass is 9.91. The summed E-state index contributed by atoms with van der Waals surface area (Å²) in [5.41, 5.74) is 0.425. The van der Waals surface area contributed by atoms with E-state index in [1.54, 1.807) is 37.8 Å². The summed E-state index contributed by atoms with van der Waals surface area (Å²) >= 11 is 0. The first-order valence-corrected chi connectivity index (χ1v) is 14.9. The molecular weight excluding hydrogens is 577 g/mol. The standard InChI is InChI=1S/C32H41F3N4O5/c1-30(2,3)43-28(41)37-17-5-4-16-36-27(40)25-10-6-24(7-11-25)21-39-22-31(44-29(39)42)14-18-38(19-15-31)20-23-8-12-26(13-9-23)32(33,34)35/h6-13H,4-5,14-22H2,1-3H3,(H,36,40)(H,37,41). The number of hydrogen-bond donors (Lipinski definition) is 2. The number of carbonyl (C=O) groups excluding carboxylic acids is 3. The highest BCUT2D eigenvalue weighted by atomic mass is 19.4. The highest BCUT2D eigenvalue weighted by molar-refractivity contribution is 5.94. The maximum atomic E-state index is 12.8. The molecule has 12 heteroatoms. The van der Waals surface area contributed by atoms with Gasteiger partial charge >= 0.3 is 18.4 Å². The van der Waals surface area contributed by atoms with Crippen LogP contribution in [0.3, 0.4) is 0 Å². The van der Waals surface area contributed by atoms with Crippen LogP contribution in [0.2, 0.25) is 0 Å². The van der Waals surface area contributed by atoms with E-state index in [2.05, 4.69) is 15.5 Å². The van der Waals surface area contributed by atoms with Gasteiger partial charge in [-0.3, -0.25) is 14.6 Å². The van der Waals surface area contributed by atoms with Gasteiger partial charge in [-0.1, -0.05) is 24.3 Å². The van der Waals surface area contributed by atoms with Crippen LogP contribution in [0.5, 0.6) is 0 Å². The third-order valence-electron chi connectivity index (χ3n) is 7.64. The molecule has 4 rings (SSSR count). The van der Waals surface area contributed by atoms with E-state index in [1.165, 1.54) is 12.1 Å². The van der Waals surface area contributed by atoms with Gasteiger partial charge in [0.25, 0.3) is 5.91 Å². The number of amides is 3. The van der Waals surface area contributed by atoms with Gasteiger partial charge in [0.1, 0.15) is 11.2 Å². The average molecular weight is 619 g/mol. The number of piperidine rings is 1. The first-order chi connectivity index (χ1) is 20.7. The van der Waals surface area contributed by atoms with Crippen LogP contribution < -0.4 is 10.6 Å². The van der Waals surface area contributed by atoms with Crippen LogP contribution in [0, 0.1) is 0 Å². The van der Waals surface area contributed by atoms with Crippen molar-refractivity contribution >= 4 is 18.1 Å². The highest BCUT2D eigenvalue weighted by Crippen LogP contribution is 2.35. The van der Waals surface area contributed by atoms with Gasteiger partial charge in [0, 0.05) is 57.7 Å². The molecule has 2 saturated heterocycles. The van der Waals surface area contributed by atoms with Crippen molar-refractivity contribution in [2.45, 2.75) is 76.9 Å². The van der Waals surface area contributed by atoms with E-state index in [9.17, 15) is 27.6 Å². The maximum Gasteiger partial charge on any atom is 0.416 e. The first-order valence-electron chi connectivity index (χ1n) is 14.9. The third kappa shape index (κ3) is 9.60. The number of nitrogens with one attached hydrogen (secondary N) is 2. The Morgan fingerprint density at radius 2 is 1.45 bits per heavy atom. The fraction of sp³-hybridized carbons (Fsp3) is 0.531. The topological polar surface area (TPSA) is 100 Å². The van der Waals surface area contributed by atoms with E-state index in [4.69, 9.17) is 9.47 Å². The zero-order chi connectivity index (χ0) is 32.0. The van der Waals surface area contributed by atoms with Crippen LogP contribution >= 0.6 is 0 Å². The fourth-order valence-electron chi connectivity index (χ4n) is 5.29. The van der Waals surface area contributed by atoms with Crippen molar-refractivity contribution in [2.24, 2.45) is 0 Å². The molecule has 1 spiro atoms. The molecule has 0 bridgehead atoms. The molecule has 0 aliphatic carbocycles. The lowest BCUT2D eigenvalue weighted by Crippen LogP contribution is -2.46. The SMILES string of the molecule is CC(C)(C)OC(=O)NCCCCNC(=O)c1ccc(CN2CC3(CCN(Cc4ccc(C(F)(F)F)cc4)CC3)OC2=O)cc1. The van der Waals surface area contributed by atoms with Gasteiger partial charge in [-0.15, -0.1) is 0 Å². The number of likely N-dealkylation sites (tertiary alicyclic amines) is 1. The van der Waals surface area contributed by atoms with E-state index in [1.807, 2.05) is 12.1 Å². The van der Waals surface area contributed by atoms with Crippen LogP contribution in [0.4, 0.5) is 22.8 Å². The number of ether oxygens (including phenoxy) is 2. The van der Waals surface area contributed by atoms with Gasteiger partial charge in [0.2, 0.25) is 0 Å². The number of alkyl carbamates (subject to hydrolysis) is 1. The molecule has 44 heavy (non-hydrogen) atoms. The number of alkyl halides is 3.